The van der Waals surface area contributed by atoms with Gasteiger partial charge in [0.05, 0.1) is 59.8 Å². The SMILES string of the molecule is C1N2CN3CN1CN(C2)C3.COc1cc(C(=O)O)cc(OC)c1O. The van der Waals surface area contributed by atoms with Crippen LogP contribution in [0.3, 0.4) is 0 Å². The van der Waals surface area contributed by atoms with Gasteiger partial charge in [-0.3, -0.25) is 19.6 Å². The number of ether oxygens (including phenoxy) is 2. The molecule has 132 valence electrons. The molecule has 24 heavy (non-hydrogen) atoms. The van der Waals surface area contributed by atoms with E-state index < -0.39 is 5.97 Å². The number of aromatic carboxylic acids is 1. The number of carboxylic acids is 1. The lowest BCUT2D eigenvalue weighted by atomic mass is 10.2. The lowest BCUT2D eigenvalue weighted by molar-refractivity contribution is -0.194. The summed E-state index contributed by atoms with van der Waals surface area (Å²) in [7, 11) is 2.67. The number of nitrogens with zero attached hydrogens (tertiary/aromatic N) is 4. The average Bonchev–Trinajstić information content (AvgIpc) is 2.54. The van der Waals surface area contributed by atoms with Crippen LogP contribution < -0.4 is 9.47 Å². The Bertz CT molecular complexity index is 542. The van der Waals surface area contributed by atoms with E-state index in [9.17, 15) is 9.90 Å². The fourth-order valence-electron chi connectivity index (χ4n) is 3.25. The number of phenols is 1. The zero-order valence-corrected chi connectivity index (χ0v) is 13.8. The number of aromatic hydroxyl groups is 1. The highest BCUT2D eigenvalue weighted by atomic mass is 16.5. The van der Waals surface area contributed by atoms with Crippen molar-refractivity contribution in [3.63, 3.8) is 0 Å². The van der Waals surface area contributed by atoms with Crippen LogP contribution in [0, 0.1) is 0 Å². The van der Waals surface area contributed by atoms with Crippen LogP contribution in [0.5, 0.6) is 17.2 Å². The molecule has 0 aromatic heterocycles. The van der Waals surface area contributed by atoms with E-state index in [1.807, 2.05) is 0 Å². The van der Waals surface area contributed by atoms with E-state index in [-0.39, 0.29) is 22.8 Å². The first kappa shape index (κ1) is 16.8. The minimum Gasteiger partial charge on any atom is -0.502 e. The standard InChI is InChI=1S/C9H10O5.C6H12N4/c1-13-6-3-5(9(11)12)4-7(14-2)8(6)10;1-7-2-9-4-8(1)5-10(3-7)6-9/h3-4,10H,1-2H3,(H,11,12);1-6H2. The molecular weight excluding hydrogens is 316 g/mol. The summed E-state index contributed by atoms with van der Waals surface area (Å²) < 4.78 is 9.57. The van der Waals surface area contributed by atoms with Crippen LogP contribution in [-0.2, 0) is 0 Å². The second-order valence-corrected chi connectivity index (χ2v) is 6.07. The molecule has 9 nitrogen and oxygen atoms in total. The molecule has 4 aliphatic rings. The van der Waals surface area contributed by atoms with Crippen molar-refractivity contribution in [1.82, 2.24) is 19.6 Å². The van der Waals surface area contributed by atoms with Crippen molar-refractivity contribution in [2.75, 3.05) is 54.2 Å². The third kappa shape index (κ3) is 3.39. The number of methoxy groups -OCH3 is 2. The zero-order chi connectivity index (χ0) is 17.3. The van der Waals surface area contributed by atoms with Crippen molar-refractivity contribution in [2.45, 2.75) is 0 Å². The van der Waals surface area contributed by atoms with E-state index in [0.29, 0.717) is 0 Å². The van der Waals surface area contributed by atoms with Crippen LogP contribution >= 0.6 is 0 Å². The largest absolute Gasteiger partial charge is 0.502 e. The molecule has 4 aliphatic heterocycles. The van der Waals surface area contributed by atoms with Gasteiger partial charge in [0, 0.05) is 0 Å². The maximum absolute atomic E-state index is 10.7. The van der Waals surface area contributed by atoms with Crippen molar-refractivity contribution < 1.29 is 24.5 Å². The number of carboxylic acid groups (broad SMARTS) is 1. The first-order valence-electron chi connectivity index (χ1n) is 7.58. The van der Waals surface area contributed by atoms with Gasteiger partial charge in [0.25, 0.3) is 0 Å². The highest BCUT2D eigenvalue weighted by Gasteiger charge is 2.36. The number of hydrogen-bond acceptors (Lipinski definition) is 8. The molecule has 0 atom stereocenters. The van der Waals surface area contributed by atoms with Crippen molar-refractivity contribution >= 4 is 5.97 Å². The zero-order valence-electron chi connectivity index (χ0n) is 13.8. The minimum absolute atomic E-state index is 0.00324. The molecule has 1 aromatic rings. The summed E-state index contributed by atoms with van der Waals surface area (Å²) in [6, 6.07) is 2.44. The second kappa shape index (κ2) is 6.81. The Balaban J connectivity index is 0.000000147. The summed E-state index contributed by atoms with van der Waals surface area (Å²) in [5.74, 6) is -1.18. The Kier molecular flexibility index (Phi) is 4.76. The summed E-state index contributed by atoms with van der Waals surface area (Å²) in [6.45, 7) is 7.12. The normalized spacial score (nSPS) is 29.6. The van der Waals surface area contributed by atoms with Crippen LogP contribution in [0.15, 0.2) is 12.1 Å². The fourth-order valence-corrected chi connectivity index (χ4v) is 3.25. The number of phenolic OH excluding ortho intramolecular Hbond substituents is 1. The highest BCUT2D eigenvalue weighted by Crippen LogP contribution is 2.36. The maximum Gasteiger partial charge on any atom is 0.335 e. The quantitative estimate of drug-likeness (QED) is 0.796. The molecule has 5 rings (SSSR count). The molecule has 0 saturated carbocycles. The van der Waals surface area contributed by atoms with Crippen LogP contribution in [0.25, 0.3) is 0 Å². The lowest BCUT2D eigenvalue weighted by Crippen LogP contribution is -2.71. The number of rotatable bonds is 3. The number of hydrogen-bond donors (Lipinski definition) is 2. The van der Waals surface area contributed by atoms with E-state index >= 15 is 0 Å². The maximum atomic E-state index is 10.7. The Morgan fingerprint density at radius 2 is 1.21 bits per heavy atom. The number of carbonyl (C=O) groups is 1. The minimum atomic E-state index is -1.11. The third-order valence-corrected chi connectivity index (χ3v) is 4.13. The van der Waals surface area contributed by atoms with Gasteiger partial charge in [0.2, 0.25) is 5.75 Å². The third-order valence-electron chi connectivity index (χ3n) is 4.13. The van der Waals surface area contributed by atoms with Crippen LogP contribution in [0.1, 0.15) is 10.4 Å². The highest BCUT2D eigenvalue weighted by molar-refractivity contribution is 5.89. The molecule has 0 spiro atoms. The van der Waals surface area contributed by atoms with Gasteiger partial charge in [-0.2, -0.15) is 0 Å². The summed E-state index contributed by atoms with van der Waals surface area (Å²) >= 11 is 0. The summed E-state index contributed by atoms with van der Waals surface area (Å²) in [4.78, 5) is 20.5. The Morgan fingerprint density at radius 1 is 0.875 bits per heavy atom. The van der Waals surface area contributed by atoms with E-state index in [4.69, 9.17) is 14.6 Å². The monoisotopic (exact) mass is 338 g/mol. The van der Waals surface area contributed by atoms with Gasteiger partial charge in [-0.25, -0.2) is 4.79 Å². The molecule has 4 heterocycles. The van der Waals surface area contributed by atoms with Gasteiger partial charge in [-0.05, 0) is 12.1 Å². The molecule has 0 aliphatic carbocycles. The van der Waals surface area contributed by atoms with E-state index in [1.165, 1.54) is 66.4 Å². The van der Waals surface area contributed by atoms with E-state index in [0.717, 1.165) is 0 Å². The van der Waals surface area contributed by atoms with Crippen molar-refractivity contribution in [2.24, 2.45) is 0 Å². The molecule has 2 N–H and O–H groups in total. The van der Waals surface area contributed by atoms with E-state index in [1.54, 1.807) is 0 Å². The first-order chi connectivity index (χ1) is 11.5. The molecule has 9 heteroatoms. The fraction of sp³-hybridized carbons (Fsp3) is 0.533. The van der Waals surface area contributed by atoms with Gasteiger partial charge in [0.15, 0.2) is 11.5 Å². The van der Waals surface area contributed by atoms with Gasteiger partial charge in [0.1, 0.15) is 0 Å². The molecular formula is C15H22N4O5. The molecule has 0 radical (unpaired) electrons. The van der Waals surface area contributed by atoms with Crippen molar-refractivity contribution in [3.8, 4) is 17.2 Å². The Labute approximate surface area is 140 Å². The van der Waals surface area contributed by atoms with Crippen molar-refractivity contribution in [3.05, 3.63) is 17.7 Å². The molecule has 4 fully saturated rings. The summed E-state index contributed by atoms with van der Waals surface area (Å²) in [6.07, 6.45) is 0. The smallest absolute Gasteiger partial charge is 0.335 e. The molecule has 0 unspecified atom stereocenters. The van der Waals surface area contributed by atoms with E-state index in [2.05, 4.69) is 19.6 Å². The van der Waals surface area contributed by atoms with Crippen LogP contribution in [0.2, 0.25) is 0 Å². The predicted molar refractivity (Wildman–Crippen MR) is 84.7 cm³/mol. The van der Waals surface area contributed by atoms with Gasteiger partial charge < -0.3 is 19.7 Å². The average molecular weight is 338 g/mol. The lowest BCUT2D eigenvalue weighted by Gasteiger charge is -2.56. The molecule has 0 amide bonds. The van der Waals surface area contributed by atoms with Crippen LogP contribution in [-0.4, -0.2) is 90.0 Å². The van der Waals surface area contributed by atoms with Crippen molar-refractivity contribution in [1.29, 1.82) is 0 Å². The number of benzene rings is 1. The Morgan fingerprint density at radius 3 is 1.46 bits per heavy atom. The first-order valence-corrected chi connectivity index (χ1v) is 7.58. The Hall–Kier alpha value is -2.07. The summed E-state index contributed by atoms with van der Waals surface area (Å²) in [5.41, 5.74) is -0.00324. The molecule has 4 bridgehead atoms. The topological polar surface area (TPSA) is 89.0 Å². The molecule has 1 aromatic carbocycles. The van der Waals surface area contributed by atoms with Crippen LogP contribution in [0.4, 0.5) is 0 Å². The molecule has 4 saturated heterocycles. The van der Waals surface area contributed by atoms with Gasteiger partial charge >= 0.3 is 5.97 Å². The predicted octanol–water partition coefficient (Wildman–Crippen LogP) is 0.0878. The second-order valence-electron chi connectivity index (χ2n) is 6.07. The van der Waals surface area contributed by atoms with Gasteiger partial charge in [-0.1, -0.05) is 0 Å². The van der Waals surface area contributed by atoms with Gasteiger partial charge in [-0.15, -0.1) is 0 Å². The summed E-state index contributed by atoms with van der Waals surface area (Å²) in [5, 5.41) is 18.2.